The minimum absolute atomic E-state index is 0.0554. The first-order valence-electron chi connectivity index (χ1n) is 9.72. The minimum atomic E-state index is -2.86. The standard InChI is InChI=1S/C25H22NO2P/c27-22(19-21-16-15-20-9-7-8-14-25(20)26-21)17-18-29(28,23-10-3-1-4-11-23)24-12-5-2-6-13-24/h1-16H,17-19H2. The van der Waals surface area contributed by atoms with Gasteiger partial charge >= 0.3 is 0 Å². The highest BCUT2D eigenvalue weighted by molar-refractivity contribution is 7.78. The van der Waals surface area contributed by atoms with Crippen molar-refractivity contribution in [3.05, 3.63) is 103 Å². The van der Waals surface area contributed by atoms with Crippen LogP contribution in [0.5, 0.6) is 0 Å². The largest absolute Gasteiger partial charge is 0.314 e. The summed E-state index contributed by atoms with van der Waals surface area (Å²) in [6.07, 6.45) is 0.845. The zero-order valence-electron chi connectivity index (χ0n) is 16.1. The smallest absolute Gasteiger partial charge is 0.143 e. The number of hydrogen-bond donors (Lipinski definition) is 0. The van der Waals surface area contributed by atoms with Gasteiger partial charge in [0, 0.05) is 40.7 Å². The molecule has 0 radical (unpaired) electrons. The number of fused-ring (bicyclic) bond motifs is 1. The fourth-order valence-electron chi connectivity index (χ4n) is 3.52. The van der Waals surface area contributed by atoms with Gasteiger partial charge in [-0.05, 0) is 12.1 Å². The molecule has 4 rings (SSSR count). The van der Waals surface area contributed by atoms with Crippen LogP contribution in [-0.4, -0.2) is 16.9 Å². The molecule has 0 aliphatic rings. The van der Waals surface area contributed by atoms with Gasteiger partial charge in [-0.25, -0.2) is 0 Å². The Kier molecular flexibility index (Phi) is 5.69. The molecule has 144 valence electrons. The van der Waals surface area contributed by atoms with Crippen LogP contribution in [0.2, 0.25) is 0 Å². The molecule has 0 atom stereocenters. The van der Waals surface area contributed by atoms with Crippen LogP contribution in [0.15, 0.2) is 97.1 Å². The Morgan fingerprint density at radius 1 is 0.724 bits per heavy atom. The Morgan fingerprint density at radius 2 is 1.31 bits per heavy atom. The van der Waals surface area contributed by atoms with Gasteiger partial charge in [-0.2, -0.15) is 0 Å². The van der Waals surface area contributed by atoms with E-state index in [0.29, 0.717) is 6.16 Å². The first-order valence-corrected chi connectivity index (χ1v) is 11.6. The number of pyridine rings is 1. The Balaban J connectivity index is 1.52. The van der Waals surface area contributed by atoms with E-state index in [1.165, 1.54) is 0 Å². The van der Waals surface area contributed by atoms with Gasteiger partial charge in [0.1, 0.15) is 12.9 Å². The lowest BCUT2D eigenvalue weighted by Gasteiger charge is -2.19. The zero-order chi connectivity index (χ0) is 20.1. The molecule has 0 saturated heterocycles. The third-order valence-electron chi connectivity index (χ3n) is 5.09. The molecule has 29 heavy (non-hydrogen) atoms. The molecule has 0 spiro atoms. The fraction of sp³-hybridized carbons (Fsp3) is 0.120. The molecular formula is C25H22NO2P. The summed E-state index contributed by atoms with van der Waals surface area (Å²) >= 11 is 0. The number of hydrogen-bond acceptors (Lipinski definition) is 3. The van der Waals surface area contributed by atoms with Gasteiger partial charge in [-0.1, -0.05) is 84.9 Å². The monoisotopic (exact) mass is 399 g/mol. The lowest BCUT2D eigenvalue weighted by Crippen LogP contribution is -2.20. The lowest BCUT2D eigenvalue weighted by molar-refractivity contribution is -0.118. The van der Waals surface area contributed by atoms with Crippen molar-refractivity contribution < 1.29 is 9.36 Å². The first-order chi connectivity index (χ1) is 14.1. The second-order valence-electron chi connectivity index (χ2n) is 7.10. The van der Waals surface area contributed by atoms with E-state index >= 15 is 0 Å². The normalized spacial score (nSPS) is 11.4. The van der Waals surface area contributed by atoms with Crippen LogP contribution in [-0.2, 0) is 15.8 Å². The summed E-state index contributed by atoms with van der Waals surface area (Å²) in [5.41, 5.74) is 1.64. The van der Waals surface area contributed by atoms with Crippen LogP contribution in [0.1, 0.15) is 12.1 Å². The van der Waals surface area contributed by atoms with Gasteiger partial charge < -0.3 is 4.57 Å². The van der Waals surface area contributed by atoms with E-state index in [0.717, 1.165) is 27.2 Å². The number of para-hydroxylation sites is 1. The van der Waals surface area contributed by atoms with E-state index in [1.807, 2.05) is 97.1 Å². The summed E-state index contributed by atoms with van der Waals surface area (Å²) in [4.78, 5) is 17.3. The molecule has 0 bridgehead atoms. The van der Waals surface area contributed by atoms with E-state index in [2.05, 4.69) is 4.98 Å². The molecule has 3 nitrogen and oxygen atoms in total. The number of benzene rings is 3. The van der Waals surface area contributed by atoms with E-state index in [9.17, 15) is 9.36 Å². The Bertz CT molecular complexity index is 1130. The van der Waals surface area contributed by atoms with Crippen LogP contribution in [0.3, 0.4) is 0 Å². The van der Waals surface area contributed by atoms with Crippen molar-refractivity contribution in [2.24, 2.45) is 0 Å². The average Bonchev–Trinajstić information content (AvgIpc) is 2.78. The van der Waals surface area contributed by atoms with Gasteiger partial charge in [-0.15, -0.1) is 0 Å². The van der Waals surface area contributed by atoms with Gasteiger partial charge in [0.2, 0.25) is 0 Å². The quantitative estimate of drug-likeness (QED) is 0.421. The molecule has 0 amide bonds. The van der Waals surface area contributed by atoms with Crippen LogP contribution in [0, 0.1) is 0 Å². The molecule has 1 heterocycles. The van der Waals surface area contributed by atoms with Crippen molar-refractivity contribution in [1.29, 1.82) is 0 Å². The number of rotatable bonds is 7. The summed E-state index contributed by atoms with van der Waals surface area (Å²) < 4.78 is 14.0. The molecule has 0 unspecified atom stereocenters. The zero-order valence-corrected chi connectivity index (χ0v) is 17.0. The number of aromatic nitrogens is 1. The summed E-state index contributed by atoms with van der Waals surface area (Å²) in [6.45, 7) is 0. The SMILES string of the molecule is O=C(CCP(=O)(c1ccccc1)c1ccccc1)Cc1ccc2ccccc2n1. The number of carbonyl (C=O) groups excluding carboxylic acids is 1. The molecule has 0 saturated carbocycles. The third-order valence-corrected chi connectivity index (χ3v) is 8.20. The highest BCUT2D eigenvalue weighted by Gasteiger charge is 2.27. The number of carbonyl (C=O) groups is 1. The van der Waals surface area contributed by atoms with E-state index in [4.69, 9.17) is 0 Å². The summed E-state index contributed by atoms with van der Waals surface area (Å²) in [5.74, 6) is 0.0554. The van der Waals surface area contributed by atoms with E-state index < -0.39 is 7.14 Å². The molecule has 4 heteroatoms. The van der Waals surface area contributed by atoms with Crippen molar-refractivity contribution in [1.82, 2.24) is 4.98 Å². The van der Waals surface area contributed by atoms with Crippen LogP contribution in [0.25, 0.3) is 10.9 Å². The van der Waals surface area contributed by atoms with Gasteiger partial charge in [0.05, 0.1) is 5.52 Å². The van der Waals surface area contributed by atoms with Crippen LogP contribution >= 0.6 is 7.14 Å². The maximum atomic E-state index is 14.0. The predicted octanol–water partition coefficient (Wildman–Crippen LogP) is 4.75. The second-order valence-corrected chi connectivity index (χ2v) is 10.1. The molecule has 0 fully saturated rings. The lowest BCUT2D eigenvalue weighted by atomic mass is 10.1. The number of ketones is 1. The highest BCUT2D eigenvalue weighted by Crippen LogP contribution is 2.43. The number of nitrogens with zero attached hydrogens (tertiary/aromatic N) is 1. The molecular weight excluding hydrogens is 377 g/mol. The van der Waals surface area contributed by atoms with Crippen molar-refractivity contribution >= 4 is 34.4 Å². The van der Waals surface area contributed by atoms with Gasteiger partial charge in [0.15, 0.2) is 0 Å². The molecule has 0 aliphatic carbocycles. The van der Waals surface area contributed by atoms with Crippen molar-refractivity contribution in [3.63, 3.8) is 0 Å². The summed E-state index contributed by atoms with van der Waals surface area (Å²) in [5, 5.41) is 2.65. The topological polar surface area (TPSA) is 47.0 Å². The van der Waals surface area contributed by atoms with E-state index in [-0.39, 0.29) is 18.6 Å². The first kappa shape index (κ1) is 19.3. The Hall–Kier alpha value is -3.03. The molecule has 0 aliphatic heterocycles. The Morgan fingerprint density at radius 3 is 1.97 bits per heavy atom. The Labute approximate surface area is 170 Å². The molecule has 4 aromatic rings. The van der Waals surface area contributed by atoms with Crippen molar-refractivity contribution in [3.8, 4) is 0 Å². The molecule has 0 N–H and O–H groups in total. The van der Waals surface area contributed by atoms with Crippen LogP contribution in [0.4, 0.5) is 0 Å². The minimum Gasteiger partial charge on any atom is -0.314 e. The molecule has 1 aromatic heterocycles. The van der Waals surface area contributed by atoms with Gasteiger partial charge in [0.25, 0.3) is 0 Å². The third kappa shape index (κ3) is 4.36. The molecule has 3 aromatic carbocycles. The van der Waals surface area contributed by atoms with Crippen molar-refractivity contribution in [2.45, 2.75) is 12.8 Å². The van der Waals surface area contributed by atoms with Crippen molar-refractivity contribution in [2.75, 3.05) is 6.16 Å². The second kappa shape index (κ2) is 8.55. The van der Waals surface area contributed by atoms with E-state index in [1.54, 1.807) is 0 Å². The fourth-order valence-corrected chi connectivity index (χ4v) is 6.21. The predicted molar refractivity (Wildman–Crippen MR) is 120 cm³/mol. The maximum Gasteiger partial charge on any atom is 0.143 e. The average molecular weight is 399 g/mol. The van der Waals surface area contributed by atoms with Gasteiger partial charge in [-0.3, -0.25) is 9.78 Å². The van der Waals surface area contributed by atoms with Crippen LogP contribution < -0.4 is 10.6 Å². The number of Topliss-reactive ketones (excluding diaryl/α,β-unsaturated/α-hetero) is 1. The summed E-state index contributed by atoms with van der Waals surface area (Å²) in [6, 6.07) is 30.7. The highest BCUT2D eigenvalue weighted by atomic mass is 31.2. The maximum absolute atomic E-state index is 14.0. The summed E-state index contributed by atoms with van der Waals surface area (Å²) in [7, 11) is -2.86.